The van der Waals surface area contributed by atoms with Crippen LogP contribution in [0.2, 0.25) is 0 Å². The minimum Gasteiger partial charge on any atom is -0.748 e. The highest BCUT2D eigenvalue weighted by molar-refractivity contribution is 7.84. The van der Waals surface area contributed by atoms with Gasteiger partial charge >= 0.3 is 0 Å². The first-order valence-electron chi connectivity index (χ1n) is 4.97. The predicted molar refractivity (Wildman–Crippen MR) is 64.8 cm³/mol. The Morgan fingerprint density at radius 2 is 1.88 bits per heavy atom. The topological polar surface area (TPSA) is 74.3 Å². The molecule has 0 saturated carbocycles. The quantitative estimate of drug-likeness (QED) is 0.453. The average molecular weight is 257 g/mol. The molecule has 6 heteroatoms. The lowest BCUT2D eigenvalue weighted by atomic mass is 10.1. The third-order valence-corrected chi connectivity index (χ3v) is 3.02. The third-order valence-electron chi connectivity index (χ3n) is 2.36. The maximum Gasteiger partial charge on any atom is 0.150 e. The van der Waals surface area contributed by atoms with Gasteiger partial charge in [0.1, 0.15) is 12.0 Å². The summed E-state index contributed by atoms with van der Waals surface area (Å²) in [7, 11) is 1.34. The van der Waals surface area contributed by atoms with Crippen LogP contribution in [0.3, 0.4) is 0 Å². The SMILES string of the molecule is C[N+](C)(C)c1ccc(C=O)c(CS(=O)(=O)[O-])c1. The molecule has 17 heavy (non-hydrogen) atoms. The molecule has 0 saturated heterocycles. The fourth-order valence-electron chi connectivity index (χ4n) is 1.44. The van der Waals surface area contributed by atoms with E-state index in [9.17, 15) is 17.8 Å². The summed E-state index contributed by atoms with van der Waals surface area (Å²) in [4.78, 5) is 10.8. The van der Waals surface area contributed by atoms with Crippen molar-refractivity contribution in [3.63, 3.8) is 0 Å². The van der Waals surface area contributed by atoms with Crippen molar-refractivity contribution in [2.75, 3.05) is 21.1 Å². The molecule has 5 nitrogen and oxygen atoms in total. The zero-order valence-corrected chi connectivity index (χ0v) is 10.8. The van der Waals surface area contributed by atoms with Crippen molar-refractivity contribution < 1.29 is 17.8 Å². The highest BCUT2D eigenvalue weighted by Gasteiger charge is 2.15. The molecule has 0 aliphatic heterocycles. The van der Waals surface area contributed by atoms with E-state index in [1.165, 1.54) is 6.07 Å². The highest BCUT2D eigenvalue weighted by atomic mass is 32.2. The van der Waals surface area contributed by atoms with Crippen LogP contribution in [0.4, 0.5) is 5.69 Å². The molecule has 0 aliphatic rings. The zero-order valence-electron chi connectivity index (χ0n) is 10.0. The normalized spacial score (nSPS) is 12.5. The van der Waals surface area contributed by atoms with Gasteiger partial charge in [-0.1, -0.05) is 0 Å². The molecule has 0 aliphatic carbocycles. The van der Waals surface area contributed by atoms with Gasteiger partial charge in [-0.15, -0.1) is 0 Å². The molecule has 1 aromatic rings. The summed E-state index contributed by atoms with van der Waals surface area (Å²) < 4.78 is 32.7. The smallest absolute Gasteiger partial charge is 0.150 e. The first kappa shape index (κ1) is 13.8. The highest BCUT2D eigenvalue weighted by Crippen LogP contribution is 2.22. The van der Waals surface area contributed by atoms with E-state index in [2.05, 4.69) is 0 Å². The molecular weight excluding hydrogens is 242 g/mol. The van der Waals surface area contributed by atoms with Crippen molar-refractivity contribution in [2.24, 2.45) is 0 Å². The Balaban J connectivity index is 3.30. The summed E-state index contributed by atoms with van der Waals surface area (Å²) in [5.41, 5.74) is 1.32. The van der Waals surface area contributed by atoms with Gasteiger partial charge < -0.3 is 4.55 Å². The van der Waals surface area contributed by atoms with E-state index in [1.54, 1.807) is 12.1 Å². The monoisotopic (exact) mass is 257 g/mol. The Morgan fingerprint density at radius 1 is 1.29 bits per heavy atom. The maximum atomic E-state index is 10.8. The standard InChI is InChI=1S/C11H15NO4S/c1-12(2,3)11-5-4-9(7-13)10(6-11)8-17(14,15)16/h4-7H,8H2,1-3H3. The van der Waals surface area contributed by atoms with Gasteiger partial charge in [-0.25, -0.2) is 8.42 Å². The van der Waals surface area contributed by atoms with Gasteiger partial charge in [0.15, 0.2) is 0 Å². The van der Waals surface area contributed by atoms with Crippen LogP contribution in [0.5, 0.6) is 0 Å². The van der Waals surface area contributed by atoms with Crippen molar-refractivity contribution in [3.05, 3.63) is 29.3 Å². The van der Waals surface area contributed by atoms with E-state index in [0.29, 0.717) is 10.8 Å². The molecule has 0 atom stereocenters. The Labute approximate surface area is 101 Å². The largest absolute Gasteiger partial charge is 0.748 e. The summed E-state index contributed by atoms with van der Waals surface area (Å²) >= 11 is 0. The van der Waals surface area contributed by atoms with Gasteiger partial charge in [-0.3, -0.25) is 9.28 Å². The molecule has 94 valence electrons. The van der Waals surface area contributed by atoms with Crippen LogP contribution < -0.4 is 4.48 Å². The number of quaternary nitrogens is 1. The number of aldehydes is 1. The second-order valence-electron chi connectivity index (χ2n) is 4.72. The lowest BCUT2D eigenvalue weighted by molar-refractivity contribution is 0.112. The van der Waals surface area contributed by atoms with Crippen LogP contribution in [-0.2, 0) is 15.9 Å². The Kier molecular flexibility index (Phi) is 3.71. The van der Waals surface area contributed by atoms with Crippen LogP contribution in [-0.4, -0.2) is 40.4 Å². The van der Waals surface area contributed by atoms with Crippen LogP contribution in [0, 0.1) is 0 Å². The predicted octanol–water partition coefficient (Wildman–Crippen LogP) is 0.741. The van der Waals surface area contributed by atoms with Gasteiger partial charge in [0.25, 0.3) is 0 Å². The van der Waals surface area contributed by atoms with Crippen LogP contribution in [0.1, 0.15) is 15.9 Å². The number of carbonyl (C=O) groups excluding carboxylic acids is 1. The number of hydrogen-bond acceptors (Lipinski definition) is 4. The third kappa shape index (κ3) is 3.92. The molecule has 0 amide bonds. The second kappa shape index (κ2) is 4.56. The number of nitrogens with zero attached hydrogens (tertiary/aromatic N) is 1. The molecule has 0 unspecified atom stereocenters. The zero-order chi connectivity index (χ0) is 13.3. The molecular formula is C11H15NO4S. The molecule has 0 fully saturated rings. The molecule has 1 rings (SSSR count). The second-order valence-corrected chi connectivity index (χ2v) is 6.12. The maximum absolute atomic E-state index is 10.8. The molecule has 0 spiro atoms. The summed E-state index contributed by atoms with van der Waals surface area (Å²) in [6.45, 7) is 0. The van der Waals surface area contributed by atoms with Crippen molar-refractivity contribution >= 4 is 22.1 Å². The molecule has 0 radical (unpaired) electrons. The van der Waals surface area contributed by atoms with Crippen molar-refractivity contribution in [1.82, 2.24) is 4.48 Å². The minimum absolute atomic E-state index is 0.238. The van der Waals surface area contributed by atoms with Crippen molar-refractivity contribution in [2.45, 2.75) is 5.75 Å². The van der Waals surface area contributed by atoms with Gasteiger partial charge in [-0.05, 0) is 17.7 Å². The van der Waals surface area contributed by atoms with E-state index >= 15 is 0 Å². The lowest BCUT2D eigenvalue weighted by Gasteiger charge is -2.24. The first-order valence-corrected chi connectivity index (χ1v) is 6.55. The molecule has 1 aromatic carbocycles. The Bertz CT molecular complexity index is 529. The van der Waals surface area contributed by atoms with Crippen LogP contribution in [0.25, 0.3) is 0 Å². The van der Waals surface area contributed by atoms with E-state index in [4.69, 9.17) is 0 Å². The molecule has 0 aromatic heterocycles. The van der Waals surface area contributed by atoms with Gasteiger partial charge in [0.2, 0.25) is 0 Å². The Hall–Kier alpha value is -1.24. The van der Waals surface area contributed by atoms with Gasteiger partial charge in [-0.2, -0.15) is 0 Å². The average Bonchev–Trinajstić information content (AvgIpc) is 2.13. The Morgan fingerprint density at radius 3 is 2.29 bits per heavy atom. The van der Waals surface area contributed by atoms with Gasteiger partial charge in [0.05, 0.1) is 37.0 Å². The van der Waals surface area contributed by atoms with Crippen molar-refractivity contribution in [3.8, 4) is 0 Å². The van der Waals surface area contributed by atoms with Gasteiger partial charge in [0, 0.05) is 11.6 Å². The molecule has 0 bridgehead atoms. The fraction of sp³-hybridized carbons (Fsp3) is 0.364. The summed E-state index contributed by atoms with van der Waals surface area (Å²) in [6, 6.07) is 4.86. The number of rotatable bonds is 4. The summed E-state index contributed by atoms with van der Waals surface area (Å²) in [6.07, 6.45) is 0.556. The van der Waals surface area contributed by atoms with E-state index in [0.717, 1.165) is 5.69 Å². The van der Waals surface area contributed by atoms with E-state index in [-0.39, 0.29) is 11.1 Å². The van der Waals surface area contributed by atoms with Crippen LogP contribution in [0.15, 0.2) is 18.2 Å². The number of benzene rings is 1. The lowest BCUT2D eigenvalue weighted by Crippen LogP contribution is -2.34. The van der Waals surface area contributed by atoms with Crippen LogP contribution >= 0.6 is 0 Å². The first-order chi connectivity index (χ1) is 7.63. The van der Waals surface area contributed by atoms with E-state index in [1.807, 2.05) is 21.1 Å². The minimum atomic E-state index is -4.39. The summed E-state index contributed by atoms with van der Waals surface area (Å²) in [5, 5.41) is 0. The van der Waals surface area contributed by atoms with Crippen molar-refractivity contribution in [1.29, 1.82) is 0 Å². The molecule has 0 heterocycles. The number of hydrogen-bond donors (Lipinski definition) is 0. The number of carbonyl (C=O) groups is 1. The molecule has 0 N–H and O–H groups in total. The fourth-order valence-corrected chi connectivity index (χ4v) is 2.07. The van der Waals surface area contributed by atoms with E-state index < -0.39 is 15.9 Å². The summed E-state index contributed by atoms with van der Waals surface area (Å²) in [5.74, 6) is -0.658.